The molecule has 1 aromatic carbocycles. The first-order valence-electron chi connectivity index (χ1n) is 9.87. The summed E-state index contributed by atoms with van der Waals surface area (Å²) in [5.74, 6) is 1.12. The van der Waals surface area contributed by atoms with Crippen molar-refractivity contribution in [3.8, 4) is 0 Å². The van der Waals surface area contributed by atoms with Crippen molar-refractivity contribution in [2.45, 2.75) is 39.5 Å². The van der Waals surface area contributed by atoms with Gasteiger partial charge in [0.2, 0.25) is 11.8 Å². The van der Waals surface area contributed by atoms with Crippen LogP contribution in [0.15, 0.2) is 34.9 Å². The Balaban J connectivity index is 1.37. The Morgan fingerprint density at radius 2 is 1.75 bits per heavy atom. The molecule has 1 saturated carbocycles. The quantitative estimate of drug-likeness (QED) is 0.772. The minimum atomic E-state index is -1.02. The van der Waals surface area contributed by atoms with Crippen LogP contribution in [0.5, 0.6) is 0 Å². The molecule has 0 atom stereocenters. The van der Waals surface area contributed by atoms with Gasteiger partial charge in [-0.15, -0.1) is 0 Å². The number of carbonyl (C=O) groups excluding carboxylic acids is 2. The Bertz CT molecular complexity index is 862. The Kier molecular flexibility index (Phi) is 4.83. The number of rotatable bonds is 5. The Morgan fingerprint density at radius 1 is 1.11 bits per heavy atom. The normalized spacial score (nSPS) is 18.6. The van der Waals surface area contributed by atoms with Gasteiger partial charge in [0, 0.05) is 30.5 Å². The summed E-state index contributed by atoms with van der Waals surface area (Å²) in [7, 11) is 0. The molecule has 0 unspecified atom stereocenters. The standard InChI is InChI=1S/C21H26N4O3/c1-14-7-11-25(12-8-14)17-5-3-16(4-6-17)22-19(26)21(9-10-21)20(27)23-18-13-15(2)28-24-18/h3-6,13-14H,7-12H2,1-2H3,(H,22,26)(H,23,24,27). The van der Waals surface area contributed by atoms with E-state index < -0.39 is 5.41 Å². The van der Waals surface area contributed by atoms with Crippen molar-refractivity contribution in [2.24, 2.45) is 11.3 Å². The van der Waals surface area contributed by atoms with Crippen molar-refractivity contribution in [3.63, 3.8) is 0 Å². The number of aromatic nitrogens is 1. The highest BCUT2D eigenvalue weighted by Crippen LogP contribution is 2.47. The molecule has 148 valence electrons. The van der Waals surface area contributed by atoms with Crippen molar-refractivity contribution in [1.82, 2.24) is 5.16 Å². The van der Waals surface area contributed by atoms with Crippen molar-refractivity contribution < 1.29 is 14.1 Å². The zero-order chi connectivity index (χ0) is 19.7. The van der Waals surface area contributed by atoms with E-state index in [1.807, 2.05) is 24.3 Å². The number of hydrogen-bond acceptors (Lipinski definition) is 5. The average molecular weight is 382 g/mol. The van der Waals surface area contributed by atoms with E-state index in [1.165, 1.54) is 18.5 Å². The van der Waals surface area contributed by atoms with E-state index in [9.17, 15) is 9.59 Å². The summed E-state index contributed by atoms with van der Waals surface area (Å²) in [6.45, 7) is 6.18. The van der Waals surface area contributed by atoms with E-state index in [0.29, 0.717) is 30.1 Å². The van der Waals surface area contributed by atoms with Gasteiger partial charge < -0.3 is 20.1 Å². The fourth-order valence-corrected chi connectivity index (χ4v) is 3.62. The minimum absolute atomic E-state index is 0.273. The number of amides is 2. The Morgan fingerprint density at radius 3 is 2.32 bits per heavy atom. The number of carbonyl (C=O) groups is 2. The number of nitrogens with one attached hydrogen (secondary N) is 2. The SMILES string of the molecule is Cc1cc(NC(=O)C2(C(=O)Nc3ccc(N4CCC(C)CC4)cc3)CC2)no1. The first-order valence-corrected chi connectivity index (χ1v) is 9.87. The predicted octanol–water partition coefficient (Wildman–Crippen LogP) is 3.58. The summed E-state index contributed by atoms with van der Waals surface area (Å²) < 4.78 is 4.95. The molecule has 0 spiro atoms. The van der Waals surface area contributed by atoms with Gasteiger partial charge >= 0.3 is 0 Å². The highest BCUT2D eigenvalue weighted by atomic mass is 16.5. The maximum absolute atomic E-state index is 12.7. The van der Waals surface area contributed by atoms with Gasteiger partial charge in [0.05, 0.1) is 0 Å². The van der Waals surface area contributed by atoms with Crippen LogP contribution < -0.4 is 15.5 Å². The first-order chi connectivity index (χ1) is 13.5. The molecule has 28 heavy (non-hydrogen) atoms. The van der Waals surface area contributed by atoms with Gasteiger partial charge in [-0.05, 0) is 62.8 Å². The molecule has 2 aliphatic rings. The molecule has 2 heterocycles. The molecule has 0 bridgehead atoms. The van der Waals surface area contributed by atoms with Crippen molar-refractivity contribution >= 4 is 29.0 Å². The van der Waals surface area contributed by atoms with E-state index in [2.05, 4.69) is 27.6 Å². The van der Waals surface area contributed by atoms with Crippen LogP contribution in [-0.4, -0.2) is 30.1 Å². The summed E-state index contributed by atoms with van der Waals surface area (Å²) in [5, 5.41) is 9.32. The van der Waals surface area contributed by atoms with Gasteiger partial charge in [0.25, 0.3) is 0 Å². The van der Waals surface area contributed by atoms with Crippen LogP contribution in [0.2, 0.25) is 0 Å². The molecule has 1 aromatic heterocycles. The van der Waals surface area contributed by atoms with Crippen molar-refractivity contribution in [2.75, 3.05) is 28.6 Å². The molecular formula is C21H26N4O3. The van der Waals surface area contributed by atoms with Gasteiger partial charge in [0.15, 0.2) is 5.82 Å². The third kappa shape index (κ3) is 3.74. The highest BCUT2D eigenvalue weighted by molar-refractivity contribution is 6.16. The molecule has 7 nitrogen and oxygen atoms in total. The number of anilines is 3. The van der Waals surface area contributed by atoms with E-state index >= 15 is 0 Å². The zero-order valence-electron chi connectivity index (χ0n) is 16.3. The molecule has 2 fully saturated rings. The molecular weight excluding hydrogens is 356 g/mol. The lowest BCUT2D eigenvalue weighted by Gasteiger charge is -2.32. The topological polar surface area (TPSA) is 87.5 Å². The fraction of sp³-hybridized carbons (Fsp3) is 0.476. The molecule has 2 aromatic rings. The number of benzene rings is 1. The lowest BCUT2D eigenvalue weighted by atomic mass is 9.99. The molecule has 4 rings (SSSR count). The zero-order valence-corrected chi connectivity index (χ0v) is 16.3. The van der Waals surface area contributed by atoms with Crippen molar-refractivity contribution in [3.05, 3.63) is 36.1 Å². The van der Waals surface area contributed by atoms with Crippen LogP contribution in [0.3, 0.4) is 0 Å². The Hall–Kier alpha value is -2.83. The second kappa shape index (κ2) is 7.30. The van der Waals surface area contributed by atoms with Crippen LogP contribution in [0.1, 0.15) is 38.4 Å². The van der Waals surface area contributed by atoms with E-state index in [-0.39, 0.29) is 11.8 Å². The first kappa shape index (κ1) is 18.5. The molecule has 0 radical (unpaired) electrons. The number of piperidine rings is 1. The smallest absolute Gasteiger partial charge is 0.241 e. The lowest BCUT2D eigenvalue weighted by molar-refractivity contribution is -0.131. The van der Waals surface area contributed by atoms with E-state index in [0.717, 1.165) is 19.0 Å². The third-order valence-electron chi connectivity index (χ3n) is 5.76. The Labute approximate surface area is 164 Å². The molecule has 1 aliphatic carbocycles. The second-order valence-corrected chi connectivity index (χ2v) is 8.03. The third-order valence-corrected chi connectivity index (χ3v) is 5.76. The fourth-order valence-electron chi connectivity index (χ4n) is 3.62. The van der Waals surface area contributed by atoms with Crippen LogP contribution in [0.4, 0.5) is 17.2 Å². The summed E-state index contributed by atoms with van der Waals surface area (Å²) >= 11 is 0. The van der Waals surface area contributed by atoms with Crippen LogP contribution in [-0.2, 0) is 9.59 Å². The van der Waals surface area contributed by atoms with Gasteiger partial charge in [-0.2, -0.15) is 0 Å². The number of hydrogen-bond donors (Lipinski definition) is 2. The van der Waals surface area contributed by atoms with Crippen LogP contribution in [0.25, 0.3) is 0 Å². The van der Waals surface area contributed by atoms with Gasteiger partial charge in [0.1, 0.15) is 11.2 Å². The average Bonchev–Trinajstić information content (AvgIpc) is 3.41. The monoisotopic (exact) mass is 382 g/mol. The van der Waals surface area contributed by atoms with Gasteiger partial charge in [-0.25, -0.2) is 0 Å². The summed E-state index contributed by atoms with van der Waals surface area (Å²) in [6, 6.07) is 9.50. The van der Waals surface area contributed by atoms with Gasteiger partial charge in [-0.1, -0.05) is 12.1 Å². The molecule has 2 amide bonds. The molecule has 2 N–H and O–H groups in total. The van der Waals surface area contributed by atoms with Crippen molar-refractivity contribution in [1.29, 1.82) is 0 Å². The van der Waals surface area contributed by atoms with Gasteiger partial charge in [-0.3, -0.25) is 9.59 Å². The number of nitrogens with zero attached hydrogens (tertiary/aromatic N) is 2. The van der Waals surface area contributed by atoms with Crippen LogP contribution >= 0.6 is 0 Å². The van der Waals surface area contributed by atoms with Crippen LogP contribution in [0, 0.1) is 18.3 Å². The summed E-state index contributed by atoms with van der Waals surface area (Å²) in [6.07, 6.45) is 3.49. The predicted molar refractivity (Wildman–Crippen MR) is 107 cm³/mol. The summed E-state index contributed by atoms with van der Waals surface area (Å²) in [5.41, 5.74) is 0.856. The second-order valence-electron chi connectivity index (χ2n) is 8.03. The summed E-state index contributed by atoms with van der Waals surface area (Å²) in [4.78, 5) is 27.7. The highest BCUT2D eigenvalue weighted by Gasteiger charge is 2.56. The molecule has 7 heteroatoms. The van der Waals surface area contributed by atoms with E-state index in [1.54, 1.807) is 13.0 Å². The minimum Gasteiger partial charge on any atom is -0.372 e. The lowest BCUT2D eigenvalue weighted by Crippen LogP contribution is -2.35. The maximum Gasteiger partial charge on any atom is 0.241 e. The van der Waals surface area contributed by atoms with E-state index in [4.69, 9.17) is 4.52 Å². The maximum atomic E-state index is 12.7. The number of aryl methyl sites for hydroxylation is 1. The largest absolute Gasteiger partial charge is 0.372 e. The molecule has 1 saturated heterocycles. The molecule has 1 aliphatic heterocycles.